The van der Waals surface area contributed by atoms with E-state index >= 15 is 0 Å². The molecule has 0 bridgehead atoms. The quantitative estimate of drug-likeness (QED) is 0.729. The second kappa shape index (κ2) is 4.76. The van der Waals surface area contributed by atoms with Crippen LogP contribution in [-0.4, -0.2) is 4.98 Å². The number of benzene rings is 2. The molecule has 0 radical (unpaired) electrons. The van der Waals surface area contributed by atoms with Crippen molar-refractivity contribution in [3.63, 3.8) is 0 Å². The predicted octanol–water partition coefficient (Wildman–Crippen LogP) is 3.93. The summed E-state index contributed by atoms with van der Waals surface area (Å²) in [5, 5.41) is 0.370. The number of nitrogens with zero attached hydrogens (tertiary/aromatic N) is 1. The summed E-state index contributed by atoms with van der Waals surface area (Å²) in [6.45, 7) is 0. The molecule has 2 aromatic carbocycles. The van der Waals surface area contributed by atoms with Gasteiger partial charge in [0.25, 0.3) is 0 Å². The zero-order valence-electron chi connectivity index (χ0n) is 10.2. The number of fused-ring (bicyclic) bond motifs is 1. The van der Waals surface area contributed by atoms with Gasteiger partial charge in [-0.05, 0) is 12.1 Å². The van der Waals surface area contributed by atoms with Crippen LogP contribution in [0.25, 0.3) is 11.1 Å². The third-order valence-electron chi connectivity index (χ3n) is 2.92. The van der Waals surface area contributed by atoms with Crippen molar-refractivity contribution in [3.05, 3.63) is 58.4 Å². The second-order valence-electron chi connectivity index (χ2n) is 4.34. The average molecular weight is 295 g/mol. The van der Waals surface area contributed by atoms with Crippen LogP contribution in [0.2, 0.25) is 5.02 Å². The highest BCUT2D eigenvalue weighted by Crippen LogP contribution is 2.27. The molecule has 6 heteroatoms. The maximum Gasteiger partial charge on any atom is 0.200 e. The van der Waals surface area contributed by atoms with E-state index in [1.54, 1.807) is 12.1 Å². The second-order valence-corrected chi connectivity index (χ2v) is 4.75. The number of hydrogen-bond donors (Lipinski definition) is 1. The Bertz CT molecular complexity index is 762. The predicted molar refractivity (Wildman–Crippen MR) is 72.6 cm³/mol. The number of oxazole rings is 1. The Morgan fingerprint density at radius 2 is 2.05 bits per heavy atom. The van der Waals surface area contributed by atoms with E-state index in [0.29, 0.717) is 21.8 Å². The van der Waals surface area contributed by atoms with E-state index in [1.165, 1.54) is 12.1 Å². The van der Waals surface area contributed by atoms with Crippen molar-refractivity contribution in [1.29, 1.82) is 0 Å². The lowest BCUT2D eigenvalue weighted by molar-refractivity contribution is 0.491. The molecule has 3 rings (SSSR count). The number of rotatable bonds is 2. The highest BCUT2D eigenvalue weighted by molar-refractivity contribution is 6.33. The van der Waals surface area contributed by atoms with Gasteiger partial charge in [0.2, 0.25) is 0 Å². The molecular weight excluding hydrogens is 286 g/mol. The third-order valence-corrected chi connectivity index (χ3v) is 3.25. The Balaban J connectivity index is 2.01. The number of hydrogen-bond acceptors (Lipinski definition) is 3. The van der Waals surface area contributed by atoms with Crippen LogP contribution in [0.5, 0.6) is 0 Å². The lowest BCUT2D eigenvalue weighted by atomic mass is 10.1. The number of nitrogen functional groups attached to an aromatic ring is 1. The van der Waals surface area contributed by atoms with Crippen LogP contribution in [-0.2, 0) is 6.42 Å². The fourth-order valence-corrected chi connectivity index (χ4v) is 2.09. The van der Waals surface area contributed by atoms with Crippen LogP contribution in [0.1, 0.15) is 11.5 Å². The molecule has 3 aromatic rings. The van der Waals surface area contributed by atoms with Gasteiger partial charge in [0.1, 0.15) is 5.52 Å². The van der Waals surface area contributed by atoms with Crippen LogP contribution in [0.15, 0.2) is 34.7 Å². The fraction of sp³-hybridized carbons (Fsp3) is 0.0714. The van der Waals surface area contributed by atoms with Crippen LogP contribution in [0.3, 0.4) is 0 Å². The molecule has 102 valence electrons. The number of nitrogens with two attached hydrogens (primary N) is 1. The first-order chi connectivity index (χ1) is 9.54. The summed E-state index contributed by atoms with van der Waals surface area (Å²) in [7, 11) is 0. The summed E-state index contributed by atoms with van der Waals surface area (Å²) < 4.78 is 32.2. The first kappa shape index (κ1) is 12.9. The normalized spacial score (nSPS) is 11.2. The molecule has 0 fully saturated rings. The first-order valence-electron chi connectivity index (χ1n) is 5.82. The van der Waals surface area contributed by atoms with Crippen molar-refractivity contribution in [2.24, 2.45) is 0 Å². The molecule has 0 amide bonds. The van der Waals surface area contributed by atoms with Crippen LogP contribution >= 0.6 is 11.6 Å². The van der Waals surface area contributed by atoms with Gasteiger partial charge in [0, 0.05) is 11.6 Å². The molecule has 2 N–H and O–H groups in total. The van der Waals surface area contributed by atoms with Crippen molar-refractivity contribution >= 4 is 28.4 Å². The van der Waals surface area contributed by atoms with Crippen LogP contribution in [0.4, 0.5) is 14.5 Å². The number of aromatic nitrogens is 1. The molecule has 0 unspecified atom stereocenters. The highest BCUT2D eigenvalue weighted by atomic mass is 35.5. The number of halogens is 3. The topological polar surface area (TPSA) is 52.0 Å². The van der Waals surface area contributed by atoms with Gasteiger partial charge in [0.15, 0.2) is 23.1 Å². The van der Waals surface area contributed by atoms with Crippen molar-refractivity contribution in [2.75, 3.05) is 5.73 Å². The van der Waals surface area contributed by atoms with Gasteiger partial charge in [0.05, 0.1) is 17.1 Å². The van der Waals surface area contributed by atoms with E-state index < -0.39 is 11.6 Å². The molecule has 0 spiro atoms. The molecule has 0 saturated heterocycles. The minimum Gasteiger partial charge on any atom is -0.440 e. The summed E-state index contributed by atoms with van der Waals surface area (Å²) in [5.74, 6) is -1.52. The van der Waals surface area contributed by atoms with Gasteiger partial charge < -0.3 is 10.2 Å². The Kier molecular flexibility index (Phi) is 3.06. The molecule has 20 heavy (non-hydrogen) atoms. The van der Waals surface area contributed by atoms with E-state index in [0.717, 1.165) is 6.07 Å². The minimum absolute atomic E-state index is 0.0514. The van der Waals surface area contributed by atoms with E-state index in [-0.39, 0.29) is 17.9 Å². The Morgan fingerprint density at radius 3 is 2.85 bits per heavy atom. The van der Waals surface area contributed by atoms with Gasteiger partial charge in [-0.1, -0.05) is 23.7 Å². The van der Waals surface area contributed by atoms with Crippen LogP contribution in [0, 0.1) is 11.6 Å². The lowest BCUT2D eigenvalue weighted by Crippen LogP contribution is -1.95. The molecule has 0 aliphatic rings. The summed E-state index contributed by atoms with van der Waals surface area (Å²) in [6.07, 6.45) is 0.0514. The van der Waals surface area contributed by atoms with Crippen molar-refractivity contribution in [1.82, 2.24) is 4.98 Å². The van der Waals surface area contributed by atoms with Gasteiger partial charge in [-0.25, -0.2) is 13.8 Å². The largest absolute Gasteiger partial charge is 0.440 e. The van der Waals surface area contributed by atoms with Crippen molar-refractivity contribution in [2.45, 2.75) is 6.42 Å². The average Bonchev–Trinajstić information content (AvgIpc) is 2.77. The summed E-state index contributed by atoms with van der Waals surface area (Å²) in [6, 6.07) is 7.10. The van der Waals surface area contributed by atoms with Gasteiger partial charge >= 0.3 is 0 Å². The molecule has 3 nitrogen and oxygen atoms in total. The Hall–Kier alpha value is -2.14. The van der Waals surface area contributed by atoms with Crippen molar-refractivity contribution in [3.8, 4) is 0 Å². The smallest absolute Gasteiger partial charge is 0.200 e. The van der Waals surface area contributed by atoms with Gasteiger partial charge in [-0.2, -0.15) is 0 Å². The molecule has 0 atom stereocenters. The SMILES string of the molecule is Nc1cc2oc(Cc3cccc(F)c3F)nc2cc1Cl. The minimum atomic E-state index is -0.897. The number of anilines is 1. The van der Waals surface area contributed by atoms with E-state index in [9.17, 15) is 8.78 Å². The standard InChI is InChI=1S/C14H9ClF2N2O/c15-8-5-11-12(6-10(8)18)20-13(19-11)4-7-2-1-3-9(16)14(7)17/h1-3,5-6H,4,18H2. The highest BCUT2D eigenvalue weighted by Gasteiger charge is 2.13. The summed E-state index contributed by atoms with van der Waals surface area (Å²) >= 11 is 5.89. The fourth-order valence-electron chi connectivity index (χ4n) is 1.94. The summed E-state index contributed by atoms with van der Waals surface area (Å²) in [5.41, 5.74) is 7.19. The molecule has 1 heterocycles. The Labute approximate surface area is 118 Å². The molecular formula is C14H9ClF2N2O. The zero-order valence-corrected chi connectivity index (χ0v) is 10.9. The van der Waals surface area contributed by atoms with Crippen molar-refractivity contribution < 1.29 is 13.2 Å². The molecule has 0 aliphatic heterocycles. The molecule has 0 aliphatic carbocycles. The lowest BCUT2D eigenvalue weighted by Gasteiger charge is -2.00. The molecule has 0 saturated carbocycles. The molecule has 1 aromatic heterocycles. The maximum absolute atomic E-state index is 13.6. The van der Waals surface area contributed by atoms with Gasteiger partial charge in [-0.3, -0.25) is 0 Å². The monoisotopic (exact) mass is 294 g/mol. The van der Waals surface area contributed by atoms with E-state index in [1.807, 2.05) is 0 Å². The van der Waals surface area contributed by atoms with E-state index in [4.69, 9.17) is 21.8 Å². The van der Waals surface area contributed by atoms with E-state index in [2.05, 4.69) is 4.98 Å². The maximum atomic E-state index is 13.6. The first-order valence-corrected chi connectivity index (χ1v) is 6.19. The zero-order chi connectivity index (χ0) is 14.3. The summed E-state index contributed by atoms with van der Waals surface area (Å²) in [4.78, 5) is 4.18. The Morgan fingerprint density at radius 1 is 1.25 bits per heavy atom. The van der Waals surface area contributed by atoms with Gasteiger partial charge in [-0.15, -0.1) is 0 Å². The third kappa shape index (κ3) is 2.20. The van der Waals surface area contributed by atoms with Crippen LogP contribution < -0.4 is 5.73 Å².